The van der Waals surface area contributed by atoms with E-state index in [4.69, 9.17) is 0 Å². The molecule has 1 amide bonds. The molecule has 31 heavy (non-hydrogen) atoms. The molecule has 0 aliphatic heterocycles. The zero-order valence-electron chi connectivity index (χ0n) is 15.8. The molecule has 0 aliphatic rings. The minimum absolute atomic E-state index is 0.219. The van der Waals surface area contributed by atoms with E-state index in [1.807, 2.05) is 0 Å². The molecule has 3 aromatic carbocycles. The lowest BCUT2D eigenvalue weighted by Crippen LogP contribution is -2.26. The van der Waals surface area contributed by atoms with Crippen LogP contribution in [0.4, 0.5) is 18.9 Å². The van der Waals surface area contributed by atoms with Crippen molar-refractivity contribution < 1.29 is 18.0 Å². The smallest absolute Gasteiger partial charge is 0.277 e. The second-order valence-corrected chi connectivity index (χ2v) is 6.56. The predicted molar refractivity (Wildman–Crippen MR) is 110 cm³/mol. The number of aromatic amines is 1. The molecule has 0 spiro atoms. The molecule has 0 aliphatic carbocycles. The van der Waals surface area contributed by atoms with E-state index in [0.29, 0.717) is 22.9 Å². The second-order valence-electron chi connectivity index (χ2n) is 6.56. The summed E-state index contributed by atoms with van der Waals surface area (Å²) in [6.45, 7) is 0. The average molecular weight is 421 g/mol. The van der Waals surface area contributed by atoms with Gasteiger partial charge in [-0.05, 0) is 17.7 Å². The molecule has 4 rings (SSSR count). The van der Waals surface area contributed by atoms with E-state index in [1.165, 1.54) is 0 Å². The molecule has 2 N–H and O–H groups in total. The van der Waals surface area contributed by atoms with Gasteiger partial charge in [-0.2, -0.15) is 5.10 Å². The fraction of sp³-hybridized carbons (Fsp3) is 0. The highest BCUT2D eigenvalue weighted by Gasteiger charge is 2.24. The monoisotopic (exact) mass is 421 g/mol. The van der Waals surface area contributed by atoms with Crippen LogP contribution in [-0.4, -0.2) is 16.1 Å². The Kier molecular flexibility index (Phi) is 5.36. The van der Waals surface area contributed by atoms with Crippen LogP contribution in [0.3, 0.4) is 0 Å². The van der Waals surface area contributed by atoms with Crippen LogP contribution < -0.4 is 10.9 Å². The predicted octanol–water partition coefficient (Wildman–Crippen LogP) is 4.77. The number of halogens is 3. The standard InChI is InChI=1S/C23H14F3N3O2/c24-15-11-12-16(20(26)19(15)25)27-22(30)18-17(13-7-3-1-4-8-13)21(28-29-23(18)31)14-9-5-2-6-10-14/h1-12H,(H,27,30)(H,29,31). The van der Waals surface area contributed by atoms with Crippen molar-refractivity contribution >= 4 is 11.6 Å². The number of rotatable bonds is 4. The summed E-state index contributed by atoms with van der Waals surface area (Å²) in [7, 11) is 0. The maximum atomic E-state index is 14.1. The van der Waals surface area contributed by atoms with Gasteiger partial charge in [0.1, 0.15) is 5.56 Å². The molecule has 0 bridgehead atoms. The van der Waals surface area contributed by atoms with Crippen molar-refractivity contribution in [2.45, 2.75) is 0 Å². The molecular weight excluding hydrogens is 407 g/mol. The van der Waals surface area contributed by atoms with Gasteiger partial charge in [0.2, 0.25) is 0 Å². The van der Waals surface area contributed by atoms with Gasteiger partial charge >= 0.3 is 0 Å². The van der Waals surface area contributed by atoms with E-state index in [-0.39, 0.29) is 11.1 Å². The summed E-state index contributed by atoms with van der Waals surface area (Å²) in [6, 6.07) is 19.0. The number of amides is 1. The van der Waals surface area contributed by atoms with E-state index in [2.05, 4.69) is 15.5 Å². The second kappa shape index (κ2) is 8.27. The Morgan fingerprint density at radius 3 is 2.06 bits per heavy atom. The van der Waals surface area contributed by atoms with Crippen LogP contribution >= 0.6 is 0 Å². The maximum absolute atomic E-state index is 14.1. The lowest BCUT2D eigenvalue weighted by Gasteiger charge is -2.14. The Bertz CT molecular complexity index is 1320. The number of hydrogen-bond donors (Lipinski definition) is 2. The van der Waals surface area contributed by atoms with Crippen molar-refractivity contribution in [3.63, 3.8) is 0 Å². The van der Waals surface area contributed by atoms with Gasteiger partial charge in [0, 0.05) is 11.1 Å². The summed E-state index contributed by atoms with van der Waals surface area (Å²) in [6.07, 6.45) is 0. The number of carbonyl (C=O) groups is 1. The number of H-pyrrole nitrogens is 1. The van der Waals surface area contributed by atoms with E-state index in [0.717, 1.165) is 6.07 Å². The molecule has 0 saturated carbocycles. The Morgan fingerprint density at radius 1 is 0.806 bits per heavy atom. The molecule has 5 nitrogen and oxygen atoms in total. The fourth-order valence-corrected chi connectivity index (χ4v) is 3.17. The highest BCUT2D eigenvalue weighted by molar-refractivity contribution is 6.10. The third kappa shape index (κ3) is 3.83. The molecule has 0 saturated heterocycles. The van der Waals surface area contributed by atoms with Gasteiger partial charge in [0.25, 0.3) is 11.5 Å². The van der Waals surface area contributed by atoms with Crippen molar-refractivity contribution in [1.29, 1.82) is 0 Å². The molecule has 1 heterocycles. The average Bonchev–Trinajstić information content (AvgIpc) is 2.80. The summed E-state index contributed by atoms with van der Waals surface area (Å²) in [5.41, 5.74) is -0.0662. The summed E-state index contributed by atoms with van der Waals surface area (Å²) >= 11 is 0. The number of benzene rings is 3. The molecule has 0 fully saturated rings. The first-order valence-corrected chi connectivity index (χ1v) is 9.15. The molecule has 8 heteroatoms. The summed E-state index contributed by atoms with van der Waals surface area (Å²) in [4.78, 5) is 25.6. The van der Waals surface area contributed by atoms with Gasteiger partial charge in [-0.25, -0.2) is 18.3 Å². The summed E-state index contributed by atoms with van der Waals surface area (Å²) < 4.78 is 40.9. The van der Waals surface area contributed by atoms with Crippen LogP contribution in [0.5, 0.6) is 0 Å². The number of nitrogens with zero attached hydrogens (tertiary/aromatic N) is 1. The Hall–Kier alpha value is -4.20. The molecule has 1 aromatic heterocycles. The first-order valence-electron chi connectivity index (χ1n) is 9.15. The van der Waals surface area contributed by atoms with Gasteiger partial charge in [0.05, 0.1) is 11.4 Å². The van der Waals surface area contributed by atoms with E-state index < -0.39 is 34.6 Å². The number of hydrogen-bond acceptors (Lipinski definition) is 3. The van der Waals surface area contributed by atoms with Crippen LogP contribution in [0.15, 0.2) is 77.6 Å². The first-order chi connectivity index (χ1) is 15.0. The minimum atomic E-state index is -1.73. The summed E-state index contributed by atoms with van der Waals surface area (Å²) in [5, 5.41) is 8.56. The topological polar surface area (TPSA) is 74.8 Å². The number of aromatic nitrogens is 2. The molecule has 0 atom stereocenters. The molecule has 4 aromatic rings. The van der Waals surface area contributed by atoms with Gasteiger partial charge in [-0.1, -0.05) is 60.7 Å². The lowest BCUT2D eigenvalue weighted by atomic mass is 9.95. The number of carbonyl (C=O) groups excluding carboxylic acids is 1. The largest absolute Gasteiger partial charge is 0.319 e. The summed E-state index contributed by atoms with van der Waals surface area (Å²) in [5.74, 6) is -5.68. The minimum Gasteiger partial charge on any atom is -0.319 e. The van der Waals surface area contributed by atoms with Crippen molar-refractivity contribution in [2.75, 3.05) is 5.32 Å². The number of anilines is 1. The molecule has 154 valence electrons. The molecular formula is C23H14F3N3O2. The molecule has 0 unspecified atom stereocenters. The number of nitrogens with one attached hydrogen (secondary N) is 2. The normalized spacial score (nSPS) is 10.7. The van der Waals surface area contributed by atoms with E-state index >= 15 is 0 Å². The van der Waals surface area contributed by atoms with E-state index in [1.54, 1.807) is 60.7 Å². The van der Waals surface area contributed by atoms with E-state index in [9.17, 15) is 22.8 Å². The van der Waals surface area contributed by atoms with Crippen LogP contribution in [0.1, 0.15) is 10.4 Å². The zero-order valence-corrected chi connectivity index (χ0v) is 15.8. The van der Waals surface area contributed by atoms with Crippen molar-refractivity contribution in [3.05, 3.63) is 106 Å². The maximum Gasteiger partial charge on any atom is 0.277 e. The lowest BCUT2D eigenvalue weighted by molar-refractivity contribution is 0.102. The fourth-order valence-electron chi connectivity index (χ4n) is 3.17. The Labute approximate surface area is 174 Å². The molecule has 0 radical (unpaired) electrons. The van der Waals surface area contributed by atoms with Crippen molar-refractivity contribution in [1.82, 2.24) is 10.2 Å². The van der Waals surface area contributed by atoms with Crippen LogP contribution in [-0.2, 0) is 0 Å². The van der Waals surface area contributed by atoms with Gasteiger partial charge in [-0.15, -0.1) is 0 Å². The van der Waals surface area contributed by atoms with Crippen molar-refractivity contribution in [3.8, 4) is 22.4 Å². The van der Waals surface area contributed by atoms with Gasteiger partial charge < -0.3 is 5.32 Å². The van der Waals surface area contributed by atoms with Crippen LogP contribution in [0, 0.1) is 17.5 Å². The van der Waals surface area contributed by atoms with Crippen molar-refractivity contribution in [2.24, 2.45) is 0 Å². The van der Waals surface area contributed by atoms with Crippen LogP contribution in [0.25, 0.3) is 22.4 Å². The highest BCUT2D eigenvalue weighted by atomic mass is 19.2. The Morgan fingerprint density at radius 2 is 1.42 bits per heavy atom. The third-order valence-electron chi connectivity index (χ3n) is 4.60. The third-order valence-corrected chi connectivity index (χ3v) is 4.60. The SMILES string of the molecule is O=C(Nc1ccc(F)c(F)c1F)c1c(-c2ccccc2)c(-c2ccccc2)n[nH]c1=O. The first kappa shape index (κ1) is 20.1. The van der Waals surface area contributed by atoms with Crippen LogP contribution in [0.2, 0.25) is 0 Å². The zero-order chi connectivity index (χ0) is 22.0. The highest BCUT2D eigenvalue weighted by Crippen LogP contribution is 2.32. The van der Waals surface area contributed by atoms with Gasteiger partial charge in [-0.3, -0.25) is 9.59 Å². The van der Waals surface area contributed by atoms with Gasteiger partial charge in [0.15, 0.2) is 17.5 Å². The Balaban J connectivity index is 1.91. The quantitative estimate of drug-likeness (QED) is 0.466.